The third-order valence-corrected chi connectivity index (χ3v) is 11.3. The molecule has 0 saturated carbocycles. The van der Waals surface area contributed by atoms with Gasteiger partial charge in [-0.1, -0.05) is 127 Å². The smallest absolute Gasteiger partial charge is 0.410 e. The fourth-order valence-corrected chi connectivity index (χ4v) is 9.20. The van der Waals surface area contributed by atoms with Crippen molar-refractivity contribution in [2.24, 2.45) is 0 Å². The number of hydrogen-bond donors (Lipinski definition) is 1. The van der Waals surface area contributed by atoms with Crippen molar-refractivity contribution < 1.29 is 14.3 Å². The number of likely N-dealkylation sites (tertiary alicyclic amines) is 1. The van der Waals surface area contributed by atoms with Gasteiger partial charge in [0.15, 0.2) is 0 Å². The molecule has 0 unspecified atom stereocenters. The predicted molar refractivity (Wildman–Crippen MR) is 200 cm³/mol. The second-order valence-corrected chi connectivity index (χ2v) is 15.4. The van der Waals surface area contributed by atoms with Crippen molar-refractivity contribution in [2.75, 3.05) is 11.9 Å². The first-order valence-corrected chi connectivity index (χ1v) is 17.9. The lowest BCUT2D eigenvalue weighted by molar-refractivity contribution is -0.120. The van der Waals surface area contributed by atoms with E-state index in [0.29, 0.717) is 13.0 Å². The molecule has 1 atom stereocenters. The van der Waals surface area contributed by atoms with Crippen LogP contribution in [0.5, 0.6) is 0 Å². The zero-order chi connectivity index (χ0) is 33.3. The van der Waals surface area contributed by atoms with Crippen LogP contribution in [0.1, 0.15) is 33.6 Å². The van der Waals surface area contributed by atoms with Crippen LogP contribution in [0.2, 0.25) is 0 Å². The van der Waals surface area contributed by atoms with Gasteiger partial charge in [-0.05, 0) is 85.1 Å². The van der Waals surface area contributed by atoms with Gasteiger partial charge in [-0.3, -0.25) is 9.69 Å². The van der Waals surface area contributed by atoms with E-state index in [1.807, 2.05) is 32.9 Å². The second-order valence-electron chi connectivity index (χ2n) is 13.2. The first-order chi connectivity index (χ1) is 23.3. The molecule has 1 aliphatic rings. The predicted octanol–water partition coefficient (Wildman–Crippen LogP) is 8.76. The lowest BCUT2D eigenvalue weighted by atomic mass is 9.92. The van der Waals surface area contributed by atoms with Gasteiger partial charge in [-0.15, -0.1) is 0 Å². The van der Waals surface area contributed by atoms with Crippen LogP contribution in [-0.4, -0.2) is 35.1 Å². The van der Waals surface area contributed by atoms with Crippen LogP contribution in [0.3, 0.4) is 0 Å². The van der Waals surface area contributed by atoms with Crippen molar-refractivity contribution in [1.29, 1.82) is 0 Å². The van der Waals surface area contributed by atoms with Gasteiger partial charge in [0.1, 0.15) is 11.6 Å². The zero-order valence-corrected chi connectivity index (χ0v) is 28.4. The molecule has 7 rings (SSSR count). The van der Waals surface area contributed by atoms with Crippen molar-refractivity contribution in [3.63, 3.8) is 0 Å². The molecule has 6 aromatic rings. The molecule has 5 nitrogen and oxygen atoms in total. The number of carbonyl (C=O) groups is 2. The molecule has 1 saturated heterocycles. The van der Waals surface area contributed by atoms with Gasteiger partial charge in [-0.25, -0.2) is 4.79 Å². The molecule has 2 amide bonds. The number of carbonyl (C=O) groups excluding carboxylic acids is 2. The highest BCUT2D eigenvalue weighted by Gasteiger charge is 2.37. The van der Waals surface area contributed by atoms with Crippen molar-refractivity contribution >= 4 is 63.1 Å². The summed E-state index contributed by atoms with van der Waals surface area (Å²) < 4.78 is 5.69. The maximum atomic E-state index is 14.2. The topological polar surface area (TPSA) is 58.6 Å². The summed E-state index contributed by atoms with van der Waals surface area (Å²) in [6, 6.07) is 46.2. The molecule has 48 heavy (non-hydrogen) atoms. The Kier molecular flexibility index (Phi) is 8.73. The number of nitrogens with one attached hydrogen (secondary N) is 1. The highest BCUT2D eigenvalue weighted by molar-refractivity contribution is 7.80. The molecule has 6 heteroatoms. The Hall–Kier alpha value is -4.99. The summed E-state index contributed by atoms with van der Waals surface area (Å²) in [6.45, 7) is 6.03. The quantitative estimate of drug-likeness (QED) is 0.184. The molecule has 0 radical (unpaired) electrons. The summed E-state index contributed by atoms with van der Waals surface area (Å²) in [4.78, 5) is 28.9. The van der Waals surface area contributed by atoms with Crippen LogP contribution >= 0.6 is 7.92 Å². The molecule has 240 valence electrons. The van der Waals surface area contributed by atoms with Crippen molar-refractivity contribution in [3.8, 4) is 11.1 Å². The van der Waals surface area contributed by atoms with Gasteiger partial charge in [0, 0.05) is 23.4 Å². The van der Waals surface area contributed by atoms with E-state index in [9.17, 15) is 9.59 Å². The third kappa shape index (κ3) is 6.31. The Morgan fingerprint density at radius 2 is 1.23 bits per heavy atom. The summed E-state index contributed by atoms with van der Waals surface area (Å²) in [5.74, 6) is -0.204. The number of benzene rings is 6. The van der Waals surface area contributed by atoms with E-state index in [1.54, 1.807) is 4.90 Å². The third-order valence-electron chi connectivity index (χ3n) is 8.80. The summed E-state index contributed by atoms with van der Waals surface area (Å²) in [6.07, 6.45) is 0.876. The Bertz CT molecular complexity index is 2070. The molecular weight excluding hydrogens is 611 g/mol. The standard InChI is InChI=1S/C42H39N2O3P/c1-42(2,3)47-41(46)44-28-14-23-36(44)40(45)43-35-26-24-29-15-10-12-21-33(29)38(35)39-34-22-13-11-16-30(34)25-27-37(39)48(31-17-6-4-7-18-31)32-19-8-5-9-20-32/h4-13,15-22,24-27,36H,14,23,28H2,1-3H3,(H,43,45)/t36-/m1/s1. The van der Waals surface area contributed by atoms with Crippen LogP contribution in [-0.2, 0) is 9.53 Å². The number of ether oxygens (including phenoxy) is 1. The van der Waals surface area contributed by atoms with E-state index in [0.717, 1.165) is 44.8 Å². The maximum Gasteiger partial charge on any atom is 0.410 e. The Morgan fingerprint density at radius 3 is 1.83 bits per heavy atom. The summed E-state index contributed by atoms with van der Waals surface area (Å²) in [7, 11) is -0.972. The van der Waals surface area contributed by atoms with Crippen LogP contribution in [0, 0.1) is 0 Å². The number of fused-ring (bicyclic) bond motifs is 2. The maximum absolute atomic E-state index is 14.2. The summed E-state index contributed by atoms with van der Waals surface area (Å²) in [5.41, 5.74) is 2.17. The number of amides is 2. The first-order valence-electron chi connectivity index (χ1n) is 16.5. The van der Waals surface area contributed by atoms with E-state index >= 15 is 0 Å². The summed E-state index contributed by atoms with van der Waals surface area (Å²) >= 11 is 0. The number of rotatable bonds is 6. The Labute approximate surface area is 283 Å². The molecule has 0 spiro atoms. The molecule has 6 aromatic carbocycles. The molecule has 0 aliphatic carbocycles. The van der Waals surface area contributed by atoms with Gasteiger partial charge in [0.25, 0.3) is 0 Å². The fourth-order valence-electron chi connectivity index (χ4n) is 6.73. The highest BCUT2D eigenvalue weighted by atomic mass is 31.1. The van der Waals surface area contributed by atoms with E-state index in [2.05, 4.69) is 127 Å². The normalized spacial score (nSPS) is 14.8. The minimum atomic E-state index is -0.972. The van der Waals surface area contributed by atoms with E-state index in [1.165, 1.54) is 15.9 Å². The van der Waals surface area contributed by atoms with Crippen molar-refractivity contribution in [2.45, 2.75) is 45.3 Å². The molecule has 0 bridgehead atoms. The largest absolute Gasteiger partial charge is 0.444 e. The molecule has 0 aromatic heterocycles. The lowest BCUT2D eigenvalue weighted by Gasteiger charge is -2.29. The number of hydrogen-bond acceptors (Lipinski definition) is 3. The Morgan fingerprint density at radius 1 is 0.688 bits per heavy atom. The van der Waals surface area contributed by atoms with Crippen LogP contribution in [0.4, 0.5) is 10.5 Å². The van der Waals surface area contributed by atoms with Crippen LogP contribution in [0.15, 0.2) is 133 Å². The van der Waals surface area contributed by atoms with Crippen molar-refractivity contribution in [3.05, 3.63) is 133 Å². The monoisotopic (exact) mass is 650 g/mol. The number of anilines is 1. The molecule has 1 N–H and O–H groups in total. The summed E-state index contributed by atoms with van der Waals surface area (Å²) in [5, 5.41) is 11.4. The zero-order valence-electron chi connectivity index (χ0n) is 27.5. The molecule has 1 fully saturated rings. The van der Waals surface area contributed by atoms with Gasteiger partial charge in [0.05, 0.1) is 0 Å². The second kappa shape index (κ2) is 13.3. The van der Waals surface area contributed by atoms with Gasteiger partial charge in [0.2, 0.25) is 5.91 Å². The molecule has 1 aliphatic heterocycles. The van der Waals surface area contributed by atoms with Crippen molar-refractivity contribution in [1.82, 2.24) is 4.90 Å². The SMILES string of the molecule is CC(C)(C)OC(=O)N1CCC[C@@H]1C(=O)Nc1ccc2ccccc2c1-c1c(P(c2ccccc2)c2ccccc2)ccc2ccccc12. The minimum absolute atomic E-state index is 0.204. The number of nitrogens with zero attached hydrogens (tertiary/aromatic N) is 1. The molecular formula is C42H39N2O3P. The highest BCUT2D eigenvalue weighted by Crippen LogP contribution is 2.45. The van der Waals surface area contributed by atoms with E-state index in [4.69, 9.17) is 4.74 Å². The minimum Gasteiger partial charge on any atom is -0.444 e. The van der Waals surface area contributed by atoms with E-state index < -0.39 is 25.7 Å². The van der Waals surface area contributed by atoms with E-state index in [-0.39, 0.29) is 5.91 Å². The van der Waals surface area contributed by atoms with Crippen LogP contribution < -0.4 is 21.2 Å². The van der Waals surface area contributed by atoms with Gasteiger partial charge < -0.3 is 10.1 Å². The fraction of sp³-hybridized carbons (Fsp3) is 0.190. The van der Waals surface area contributed by atoms with Crippen LogP contribution in [0.25, 0.3) is 32.7 Å². The average Bonchev–Trinajstić information content (AvgIpc) is 3.60. The molecule has 1 heterocycles. The first kappa shape index (κ1) is 31.6. The average molecular weight is 651 g/mol. The van der Waals surface area contributed by atoms with Gasteiger partial charge >= 0.3 is 6.09 Å². The van der Waals surface area contributed by atoms with Gasteiger partial charge in [-0.2, -0.15) is 0 Å². The Balaban J connectivity index is 1.43. The lowest BCUT2D eigenvalue weighted by Crippen LogP contribution is -2.45.